The lowest BCUT2D eigenvalue weighted by molar-refractivity contribution is -0.119. The van der Waals surface area contributed by atoms with Gasteiger partial charge >= 0.3 is 0 Å². The zero-order chi connectivity index (χ0) is 24.4. The molecule has 0 saturated carbocycles. The summed E-state index contributed by atoms with van der Waals surface area (Å²) in [4.78, 5) is 18.3. The van der Waals surface area contributed by atoms with E-state index in [0.29, 0.717) is 21.2 Å². The molecule has 0 aliphatic rings. The Kier molecular flexibility index (Phi) is 7.06. The second-order valence-corrected chi connectivity index (χ2v) is 10.4. The number of carbonyl (C=O) groups is 1. The normalized spacial score (nSPS) is 12.1. The van der Waals surface area contributed by atoms with Crippen LogP contribution in [0.1, 0.15) is 18.5 Å². The number of rotatable bonds is 7. The maximum absolute atomic E-state index is 12.5. The number of benzene rings is 2. The highest BCUT2D eigenvalue weighted by molar-refractivity contribution is 7.99. The fraction of sp³-hybridized carbons (Fsp3) is 0.120. The smallest absolute Gasteiger partial charge is 0.277 e. The standard InChI is InChI=1S/C25H18Cl2N4O2S2/c1-14(16-9-8-15(26)11-19(16)27)28-23(32)13-35-25-31-30-24(33-25)18-12-21(22-7-4-10-34-22)29-20-6-3-2-5-17(18)20/h2-12,14H,13H2,1H3,(H,28,32)/t14-/m0/s1. The zero-order valence-corrected chi connectivity index (χ0v) is 21.5. The maximum atomic E-state index is 12.5. The van der Waals surface area contributed by atoms with E-state index >= 15 is 0 Å². The van der Waals surface area contributed by atoms with E-state index in [4.69, 9.17) is 32.6 Å². The number of thiophene rings is 1. The van der Waals surface area contributed by atoms with Gasteiger partial charge in [0.1, 0.15) is 0 Å². The Balaban J connectivity index is 1.31. The monoisotopic (exact) mass is 540 g/mol. The van der Waals surface area contributed by atoms with Crippen molar-refractivity contribution in [3.05, 3.63) is 81.7 Å². The van der Waals surface area contributed by atoms with Gasteiger partial charge < -0.3 is 9.73 Å². The fourth-order valence-electron chi connectivity index (χ4n) is 3.62. The number of nitrogens with one attached hydrogen (secondary N) is 1. The Bertz CT molecular complexity index is 1500. The third-order valence-corrected chi connectivity index (χ3v) is 7.53. The highest BCUT2D eigenvalue weighted by Crippen LogP contribution is 2.34. The number of fused-ring (bicyclic) bond motifs is 1. The summed E-state index contributed by atoms with van der Waals surface area (Å²) in [5.74, 6) is 0.322. The average molecular weight is 541 g/mol. The van der Waals surface area contributed by atoms with E-state index < -0.39 is 0 Å². The number of aromatic nitrogens is 3. The summed E-state index contributed by atoms with van der Waals surface area (Å²) in [5, 5.41) is 15.6. The van der Waals surface area contributed by atoms with Crippen molar-refractivity contribution in [2.45, 2.75) is 18.2 Å². The first-order chi connectivity index (χ1) is 17.0. The van der Waals surface area contributed by atoms with Crippen molar-refractivity contribution in [3.8, 4) is 22.0 Å². The molecule has 1 atom stereocenters. The lowest BCUT2D eigenvalue weighted by Gasteiger charge is -2.15. The van der Waals surface area contributed by atoms with Gasteiger partial charge in [0, 0.05) is 15.4 Å². The largest absolute Gasteiger partial charge is 0.411 e. The van der Waals surface area contributed by atoms with E-state index in [0.717, 1.165) is 32.6 Å². The topological polar surface area (TPSA) is 80.9 Å². The van der Waals surface area contributed by atoms with Crippen LogP contribution in [0.25, 0.3) is 32.9 Å². The highest BCUT2D eigenvalue weighted by Gasteiger charge is 2.18. The van der Waals surface area contributed by atoms with Gasteiger partial charge in [0.15, 0.2) is 0 Å². The summed E-state index contributed by atoms with van der Waals surface area (Å²) in [6.45, 7) is 1.86. The Morgan fingerprint density at radius 2 is 1.97 bits per heavy atom. The minimum Gasteiger partial charge on any atom is -0.411 e. The van der Waals surface area contributed by atoms with Crippen LogP contribution in [0.5, 0.6) is 0 Å². The molecule has 0 bridgehead atoms. The second-order valence-electron chi connectivity index (χ2n) is 7.67. The molecule has 3 heterocycles. The van der Waals surface area contributed by atoms with Gasteiger partial charge in [-0.15, -0.1) is 21.5 Å². The Hall–Kier alpha value is -2.91. The quantitative estimate of drug-likeness (QED) is 0.218. The van der Waals surface area contributed by atoms with Gasteiger partial charge in [-0.1, -0.05) is 65.3 Å². The molecule has 2 aromatic carbocycles. The molecule has 35 heavy (non-hydrogen) atoms. The number of pyridine rings is 1. The van der Waals surface area contributed by atoms with E-state index in [9.17, 15) is 4.79 Å². The molecule has 176 valence electrons. The lowest BCUT2D eigenvalue weighted by atomic mass is 10.1. The summed E-state index contributed by atoms with van der Waals surface area (Å²) in [5.41, 5.74) is 3.28. The van der Waals surface area contributed by atoms with Crippen LogP contribution < -0.4 is 5.32 Å². The van der Waals surface area contributed by atoms with E-state index in [1.54, 1.807) is 29.5 Å². The van der Waals surface area contributed by atoms with Crippen molar-refractivity contribution < 1.29 is 9.21 Å². The van der Waals surface area contributed by atoms with Crippen molar-refractivity contribution in [1.29, 1.82) is 0 Å². The molecule has 5 aromatic rings. The first kappa shape index (κ1) is 23.8. The number of carbonyl (C=O) groups excluding carboxylic acids is 1. The number of halogens is 2. The Morgan fingerprint density at radius 1 is 1.11 bits per heavy atom. The van der Waals surface area contributed by atoms with Gasteiger partial charge in [0.05, 0.1) is 33.4 Å². The summed E-state index contributed by atoms with van der Waals surface area (Å²) in [6.07, 6.45) is 0. The summed E-state index contributed by atoms with van der Waals surface area (Å²) < 4.78 is 5.92. The summed E-state index contributed by atoms with van der Waals surface area (Å²) in [7, 11) is 0. The lowest BCUT2D eigenvalue weighted by Crippen LogP contribution is -2.28. The molecular weight excluding hydrogens is 523 g/mol. The molecule has 5 rings (SSSR count). The Labute approximate surface area is 219 Å². The third kappa shape index (κ3) is 5.36. The van der Waals surface area contributed by atoms with Gasteiger partial charge in [-0.3, -0.25) is 4.79 Å². The molecule has 10 heteroatoms. The maximum Gasteiger partial charge on any atom is 0.277 e. The summed E-state index contributed by atoms with van der Waals surface area (Å²) in [6, 6.07) is 18.7. The summed E-state index contributed by atoms with van der Waals surface area (Å²) >= 11 is 15.0. The molecule has 0 unspecified atom stereocenters. The van der Waals surface area contributed by atoms with Gasteiger partial charge in [0.2, 0.25) is 11.8 Å². The fourth-order valence-corrected chi connectivity index (χ4v) is 5.45. The molecule has 1 N–H and O–H groups in total. The molecule has 0 aliphatic heterocycles. The number of hydrogen-bond acceptors (Lipinski definition) is 7. The van der Waals surface area contributed by atoms with Crippen LogP contribution in [0.15, 0.2) is 75.7 Å². The van der Waals surface area contributed by atoms with Crippen LogP contribution in [0.4, 0.5) is 0 Å². The average Bonchev–Trinajstić information content (AvgIpc) is 3.54. The first-order valence-corrected chi connectivity index (χ1v) is 13.2. The van der Waals surface area contributed by atoms with E-state index in [1.807, 2.05) is 54.8 Å². The van der Waals surface area contributed by atoms with Crippen molar-refractivity contribution in [3.63, 3.8) is 0 Å². The van der Waals surface area contributed by atoms with Crippen molar-refractivity contribution in [2.24, 2.45) is 0 Å². The van der Waals surface area contributed by atoms with Gasteiger partial charge in [-0.05, 0) is 48.2 Å². The van der Waals surface area contributed by atoms with Gasteiger partial charge in [-0.2, -0.15) is 0 Å². The van der Waals surface area contributed by atoms with Crippen LogP contribution in [0.3, 0.4) is 0 Å². The predicted molar refractivity (Wildman–Crippen MR) is 142 cm³/mol. The van der Waals surface area contributed by atoms with Crippen LogP contribution >= 0.6 is 46.3 Å². The molecule has 0 fully saturated rings. The van der Waals surface area contributed by atoms with E-state index in [-0.39, 0.29) is 17.7 Å². The number of nitrogens with zero attached hydrogens (tertiary/aromatic N) is 3. The number of amides is 1. The van der Waals surface area contributed by atoms with Crippen LogP contribution in [-0.2, 0) is 4.79 Å². The van der Waals surface area contributed by atoms with Crippen molar-refractivity contribution in [1.82, 2.24) is 20.5 Å². The molecule has 0 saturated heterocycles. The highest BCUT2D eigenvalue weighted by atomic mass is 35.5. The van der Waals surface area contributed by atoms with Crippen LogP contribution in [0.2, 0.25) is 10.0 Å². The SMILES string of the molecule is C[C@H](NC(=O)CSc1nnc(-c2cc(-c3cccs3)nc3ccccc23)o1)c1ccc(Cl)cc1Cl. The number of hydrogen-bond donors (Lipinski definition) is 1. The molecule has 0 radical (unpaired) electrons. The van der Waals surface area contributed by atoms with E-state index in [1.165, 1.54) is 11.8 Å². The van der Waals surface area contributed by atoms with Gasteiger partial charge in [0.25, 0.3) is 5.22 Å². The second kappa shape index (κ2) is 10.4. The first-order valence-electron chi connectivity index (χ1n) is 10.6. The molecule has 0 spiro atoms. The zero-order valence-electron chi connectivity index (χ0n) is 18.4. The minimum atomic E-state index is -0.273. The Morgan fingerprint density at radius 3 is 2.77 bits per heavy atom. The molecule has 1 amide bonds. The van der Waals surface area contributed by atoms with Crippen LogP contribution in [-0.4, -0.2) is 26.8 Å². The van der Waals surface area contributed by atoms with E-state index in [2.05, 4.69) is 15.5 Å². The van der Waals surface area contributed by atoms with Gasteiger partial charge in [-0.25, -0.2) is 4.98 Å². The molecule has 6 nitrogen and oxygen atoms in total. The van der Waals surface area contributed by atoms with Crippen molar-refractivity contribution >= 4 is 63.1 Å². The predicted octanol–water partition coefficient (Wildman–Crippen LogP) is 7.29. The molecular formula is C25H18Cl2N4O2S2. The molecule has 0 aliphatic carbocycles. The molecule has 3 aromatic heterocycles. The third-order valence-electron chi connectivity index (χ3n) is 5.26. The number of para-hydroxylation sites is 1. The number of thioether (sulfide) groups is 1. The minimum absolute atomic E-state index is 0.120. The van der Waals surface area contributed by atoms with Crippen molar-refractivity contribution in [2.75, 3.05) is 5.75 Å². The van der Waals surface area contributed by atoms with Crippen LogP contribution in [0, 0.1) is 0 Å².